The number of carbonyl (C=O) groups is 1. The van der Waals surface area contributed by atoms with Crippen LogP contribution in [0.4, 0.5) is 0 Å². The molecular weight excluding hydrogens is 386 g/mol. The first-order valence-electron chi connectivity index (χ1n) is 10.4. The van der Waals surface area contributed by atoms with Gasteiger partial charge in [0.15, 0.2) is 17.3 Å². The number of nitrogens with one attached hydrogen (secondary N) is 1. The molecule has 0 unspecified atom stereocenters. The Labute approximate surface area is 177 Å². The topological polar surface area (TPSA) is 102 Å². The van der Waals surface area contributed by atoms with Gasteiger partial charge in [-0.05, 0) is 19.9 Å². The first-order chi connectivity index (χ1) is 14.5. The van der Waals surface area contributed by atoms with Crippen molar-refractivity contribution in [3.63, 3.8) is 0 Å². The number of methoxy groups -OCH3 is 1. The molecule has 2 aromatic rings. The van der Waals surface area contributed by atoms with E-state index in [0.717, 1.165) is 43.3 Å². The van der Waals surface area contributed by atoms with Crippen LogP contribution in [0.25, 0.3) is 0 Å². The fourth-order valence-corrected chi connectivity index (χ4v) is 3.65. The van der Waals surface area contributed by atoms with Gasteiger partial charge in [0, 0.05) is 51.7 Å². The zero-order valence-electron chi connectivity index (χ0n) is 17.9. The molecule has 1 aromatic heterocycles. The second-order valence-corrected chi connectivity index (χ2v) is 7.38. The lowest BCUT2D eigenvalue weighted by Gasteiger charge is -2.21. The second kappa shape index (κ2) is 10.4. The van der Waals surface area contributed by atoms with E-state index in [9.17, 15) is 9.90 Å². The zero-order valence-corrected chi connectivity index (χ0v) is 17.9. The van der Waals surface area contributed by atoms with E-state index in [4.69, 9.17) is 9.47 Å². The van der Waals surface area contributed by atoms with Crippen LogP contribution in [-0.2, 0) is 29.0 Å². The number of aromatic hydroxyl groups is 1. The van der Waals surface area contributed by atoms with Crippen LogP contribution in [0.5, 0.6) is 11.5 Å². The van der Waals surface area contributed by atoms with Crippen LogP contribution in [0, 0.1) is 0 Å². The number of rotatable bonds is 9. The minimum Gasteiger partial charge on any atom is -0.504 e. The fourth-order valence-electron chi connectivity index (χ4n) is 3.65. The van der Waals surface area contributed by atoms with Crippen LogP contribution in [-0.4, -0.2) is 64.1 Å². The Morgan fingerprint density at radius 1 is 1.30 bits per heavy atom. The molecule has 0 saturated carbocycles. The number of fused-ring (bicyclic) bond motifs is 1. The summed E-state index contributed by atoms with van der Waals surface area (Å²) in [4.78, 5) is 14.3. The molecule has 1 atom stereocenters. The number of phenols is 1. The summed E-state index contributed by atoms with van der Waals surface area (Å²) in [5.74, 6) is 2.33. The van der Waals surface area contributed by atoms with E-state index >= 15 is 0 Å². The molecule has 0 spiro atoms. The number of carbonyl (C=O) groups excluding carboxylic acids is 1. The Balaban J connectivity index is 1.64. The van der Waals surface area contributed by atoms with Crippen molar-refractivity contribution < 1.29 is 19.4 Å². The third kappa shape index (κ3) is 5.28. The van der Waals surface area contributed by atoms with Gasteiger partial charge in [-0.15, -0.1) is 10.2 Å². The molecule has 0 fully saturated rings. The molecular formula is C21H31N5O4. The number of ether oxygens (including phenoxy) is 2. The van der Waals surface area contributed by atoms with E-state index in [2.05, 4.69) is 25.0 Å². The maximum absolute atomic E-state index is 12.0. The highest BCUT2D eigenvalue weighted by Gasteiger charge is 2.23. The standard InChI is InChI=1S/C21H31N5O4/c1-4-30-17-7-5-6-16(20(17)28)14-25-10-8-18-23-24-21(26(18)12-11-25)15(2)22-19(27)9-13-29-3/h5-7,15,28H,4,8-14H2,1-3H3,(H,22,27)/t15-/m1/s1. The van der Waals surface area contributed by atoms with Gasteiger partial charge in [0.2, 0.25) is 5.91 Å². The van der Waals surface area contributed by atoms with Gasteiger partial charge in [0.25, 0.3) is 0 Å². The number of nitrogens with zero attached hydrogens (tertiary/aromatic N) is 4. The summed E-state index contributed by atoms with van der Waals surface area (Å²) < 4.78 is 12.5. The number of para-hydroxylation sites is 1. The predicted octanol–water partition coefficient (Wildman–Crippen LogP) is 1.65. The van der Waals surface area contributed by atoms with Gasteiger partial charge in [-0.3, -0.25) is 9.69 Å². The number of aromatic nitrogens is 3. The fraction of sp³-hybridized carbons (Fsp3) is 0.571. The molecule has 9 nitrogen and oxygen atoms in total. The molecule has 1 aliphatic heterocycles. The molecule has 9 heteroatoms. The van der Waals surface area contributed by atoms with E-state index < -0.39 is 0 Å². The summed E-state index contributed by atoms with van der Waals surface area (Å²) >= 11 is 0. The number of benzene rings is 1. The number of amides is 1. The van der Waals surface area contributed by atoms with E-state index in [1.165, 1.54) is 0 Å². The van der Waals surface area contributed by atoms with Crippen LogP contribution in [0.2, 0.25) is 0 Å². The molecule has 164 valence electrons. The van der Waals surface area contributed by atoms with E-state index in [1.807, 2.05) is 26.0 Å². The lowest BCUT2D eigenvalue weighted by molar-refractivity contribution is -0.122. The van der Waals surface area contributed by atoms with Gasteiger partial charge in [-0.1, -0.05) is 12.1 Å². The average molecular weight is 418 g/mol. The summed E-state index contributed by atoms with van der Waals surface area (Å²) in [6, 6.07) is 5.37. The molecule has 2 N–H and O–H groups in total. The van der Waals surface area contributed by atoms with Crippen LogP contribution in [0.1, 0.15) is 43.5 Å². The third-order valence-corrected chi connectivity index (χ3v) is 5.22. The Bertz CT molecular complexity index is 854. The molecule has 3 rings (SSSR count). The highest BCUT2D eigenvalue weighted by atomic mass is 16.5. The predicted molar refractivity (Wildman–Crippen MR) is 111 cm³/mol. The van der Waals surface area contributed by atoms with Gasteiger partial charge in [0.05, 0.1) is 19.3 Å². The Morgan fingerprint density at radius 3 is 2.90 bits per heavy atom. The van der Waals surface area contributed by atoms with E-state index in [-0.39, 0.29) is 17.7 Å². The molecule has 1 aliphatic rings. The third-order valence-electron chi connectivity index (χ3n) is 5.22. The van der Waals surface area contributed by atoms with E-state index in [0.29, 0.717) is 31.9 Å². The molecule has 1 amide bonds. The van der Waals surface area contributed by atoms with Crippen LogP contribution >= 0.6 is 0 Å². The van der Waals surface area contributed by atoms with Crippen molar-refractivity contribution in [1.82, 2.24) is 25.0 Å². The molecule has 0 bridgehead atoms. The van der Waals surface area contributed by atoms with Crippen LogP contribution in [0.3, 0.4) is 0 Å². The lowest BCUT2D eigenvalue weighted by atomic mass is 10.1. The Kier molecular flexibility index (Phi) is 7.64. The van der Waals surface area contributed by atoms with Crippen LogP contribution < -0.4 is 10.1 Å². The SMILES string of the molecule is CCOc1cccc(CN2CCc3nnc([C@@H](C)NC(=O)CCOC)n3CC2)c1O. The first kappa shape index (κ1) is 22.0. The molecule has 0 radical (unpaired) electrons. The van der Waals surface area contributed by atoms with Crippen molar-refractivity contribution in [1.29, 1.82) is 0 Å². The van der Waals surface area contributed by atoms with Crippen molar-refractivity contribution in [2.75, 3.05) is 33.4 Å². The minimum absolute atomic E-state index is 0.0680. The van der Waals surface area contributed by atoms with Crippen molar-refractivity contribution in [3.8, 4) is 11.5 Å². The van der Waals surface area contributed by atoms with Gasteiger partial charge < -0.3 is 24.5 Å². The maximum atomic E-state index is 12.0. The van der Waals surface area contributed by atoms with Gasteiger partial charge in [-0.25, -0.2) is 0 Å². The van der Waals surface area contributed by atoms with Crippen LogP contribution in [0.15, 0.2) is 18.2 Å². The Hall–Kier alpha value is -2.65. The average Bonchev–Trinajstić information content (AvgIpc) is 3.04. The van der Waals surface area contributed by atoms with Gasteiger partial charge in [-0.2, -0.15) is 0 Å². The minimum atomic E-state index is -0.228. The lowest BCUT2D eigenvalue weighted by Crippen LogP contribution is -2.30. The molecule has 1 aromatic carbocycles. The zero-order chi connectivity index (χ0) is 21.5. The Morgan fingerprint density at radius 2 is 2.13 bits per heavy atom. The quantitative estimate of drug-likeness (QED) is 0.640. The summed E-state index contributed by atoms with van der Waals surface area (Å²) in [5.41, 5.74) is 0.845. The normalized spacial score (nSPS) is 15.3. The summed E-state index contributed by atoms with van der Waals surface area (Å²) in [6.45, 7) is 7.68. The first-order valence-corrected chi connectivity index (χ1v) is 10.4. The van der Waals surface area contributed by atoms with Crippen molar-refractivity contribution in [2.45, 2.75) is 45.8 Å². The smallest absolute Gasteiger partial charge is 0.222 e. The molecule has 0 aliphatic carbocycles. The molecule has 30 heavy (non-hydrogen) atoms. The highest BCUT2D eigenvalue weighted by molar-refractivity contribution is 5.76. The number of hydrogen-bond donors (Lipinski definition) is 2. The second-order valence-electron chi connectivity index (χ2n) is 7.38. The maximum Gasteiger partial charge on any atom is 0.222 e. The number of hydrogen-bond acceptors (Lipinski definition) is 7. The van der Waals surface area contributed by atoms with Crippen molar-refractivity contribution >= 4 is 5.91 Å². The largest absolute Gasteiger partial charge is 0.504 e. The van der Waals surface area contributed by atoms with Gasteiger partial charge >= 0.3 is 0 Å². The van der Waals surface area contributed by atoms with Crippen molar-refractivity contribution in [2.24, 2.45) is 0 Å². The summed E-state index contributed by atoms with van der Waals surface area (Å²) in [6.07, 6.45) is 1.07. The molecule has 2 heterocycles. The van der Waals surface area contributed by atoms with Gasteiger partial charge in [0.1, 0.15) is 5.82 Å². The van der Waals surface area contributed by atoms with Crippen molar-refractivity contribution in [3.05, 3.63) is 35.4 Å². The summed E-state index contributed by atoms with van der Waals surface area (Å²) in [5, 5.41) is 22.1. The number of phenolic OH excluding ortho intramolecular Hbond substituents is 1. The molecule has 0 saturated heterocycles. The highest BCUT2D eigenvalue weighted by Crippen LogP contribution is 2.31. The summed E-state index contributed by atoms with van der Waals surface area (Å²) in [7, 11) is 1.58. The monoisotopic (exact) mass is 417 g/mol. The van der Waals surface area contributed by atoms with E-state index in [1.54, 1.807) is 13.2 Å².